The van der Waals surface area contributed by atoms with Crippen LogP contribution in [0.15, 0.2) is 24.3 Å². The molecule has 0 saturated carbocycles. The monoisotopic (exact) mass is 363 g/mol. The fraction of sp³-hybridized carbons (Fsp3) is 0.471. The highest BCUT2D eigenvalue weighted by atomic mass is 16.5. The van der Waals surface area contributed by atoms with Crippen molar-refractivity contribution in [1.29, 1.82) is 0 Å². The smallest absolute Gasteiger partial charge is 0.410 e. The van der Waals surface area contributed by atoms with Crippen molar-refractivity contribution < 1.29 is 19.1 Å². The van der Waals surface area contributed by atoms with Gasteiger partial charge in [-0.05, 0) is 24.6 Å². The molecule has 1 fully saturated rings. The lowest BCUT2D eigenvalue weighted by atomic mass is 10.1. The summed E-state index contributed by atoms with van der Waals surface area (Å²) in [5, 5.41) is 5.47. The number of aryl methyl sites for hydroxylation is 1. The maximum atomic E-state index is 12.5. The van der Waals surface area contributed by atoms with Gasteiger partial charge in [-0.15, -0.1) is 0 Å². The van der Waals surface area contributed by atoms with E-state index in [1.165, 1.54) is 16.9 Å². The number of nitrogens with two attached hydrogens (primary N) is 1. The Kier molecular flexibility index (Phi) is 6.79. The van der Waals surface area contributed by atoms with Crippen LogP contribution in [-0.2, 0) is 9.53 Å². The first-order valence-corrected chi connectivity index (χ1v) is 8.41. The van der Waals surface area contributed by atoms with Gasteiger partial charge in [-0.1, -0.05) is 12.1 Å². The van der Waals surface area contributed by atoms with Gasteiger partial charge in [-0.2, -0.15) is 0 Å². The van der Waals surface area contributed by atoms with Crippen molar-refractivity contribution in [3.8, 4) is 0 Å². The van der Waals surface area contributed by atoms with Gasteiger partial charge in [-0.25, -0.2) is 9.59 Å². The second-order valence-electron chi connectivity index (χ2n) is 6.00. The lowest BCUT2D eigenvalue weighted by Gasteiger charge is -2.39. The van der Waals surface area contributed by atoms with Crippen LogP contribution >= 0.6 is 0 Å². The number of carbonyl (C=O) groups is 3. The number of amides is 4. The molecule has 1 saturated heterocycles. The van der Waals surface area contributed by atoms with Crippen molar-refractivity contribution in [3.05, 3.63) is 29.8 Å². The largest absolute Gasteiger partial charge is 0.453 e. The maximum Gasteiger partial charge on any atom is 0.410 e. The van der Waals surface area contributed by atoms with Gasteiger partial charge >= 0.3 is 12.1 Å². The Hall–Kier alpha value is -2.81. The molecule has 1 aromatic carbocycles. The van der Waals surface area contributed by atoms with E-state index in [1.54, 1.807) is 6.07 Å². The number of benzene rings is 1. The van der Waals surface area contributed by atoms with Crippen LogP contribution in [0.1, 0.15) is 5.56 Å². The minimum Gasteiger partial charge on any atom is -0.453 e. The summed E-state index contributed by atoms with van der Waals surface area (Å²) in [5.74, 6) is -0.367. The number of hydrogen-bond donors (Lipinski definition) is 3. The summed E-state index contributed by atoms with van der Waals surface area (Å²) in [5.41, 5.74) is 7.11. The van der Waals surface area contributed by atoms with Gasteiger partial charge in [-0.3, -0.25) is 9.69 Å². The first-order valence-electron chi connectivity index (χ1n) is 8.41. The summed E-state index contributed by atoms with van der Waals surface area (Å²) in [6.07, 6.45) is -0.600. The van der Waals surface area contributed by atoms with Gasteiger partial charge in [0.15, 0.2) is 0 Å². The summed E-state index contributed by atoms with van der Waals surface area (Å²) in [6, 6.07) is 6.28. The minimum atomic E-state index is -0.828. The van der Waals surface area contributed by atoms with Crippen molar-refractivity contribution >= 4 is 23.7 Å². The second-order valence-corrected chi connectivity index (χ2v) is 6.00. The summed E-state index contributed by atoms with van der Waals surface area (Å²) in [6.45, 7) is 3.09. The SMILES string of the molecule is COC(=O)N1CCN(C(=O)Nc2cccc(C)c2)CC1C(=O)NCCN. The molecular weight excluding hydrogens is 338 g/mol. The molecule has 0 aromatic heterocycles. The number of hydrogen-bond acceptors (Lipinski definition) is 5. The third-order valence-corrected chi connectivity index (χ3v) is 4.09. The Morgan fingerprint density at radius 3 is 2.73 bits per heavy atom. The number of methoxy groups -OCH3 is 1. The topological polar surface area (TPSA) is 117 Å². The number of anilines is 1. The van der Waals surface area contributed by atoms with Crippen LogP contribution in [0.4, 0.5) is 15.3 Å². The molecule has 9 nitrogen and oxygen atoms in total. The average molecular weight is 363 g/mol. The highest BCUT2D eigenvalue weighted by Gasteiger charge is 2.37. The molecule has 0 aliphatic carbocycles. The first kappa shape index (κ1) is 19.5. The predicted octanol–water partition coefficient (Wildman–Crippen LogP) is 0.354. The molecule has 1 aliphatic rings. The van der Waals surface area contributed by atoms with Crippen LogP contribution in [0.5, 0.6) is 0 Å². The van der Waals surface area contributed by atoms with Crippen LogP contribution < -0.4 is 16.4 Å². The number of ether oxygens (including phenoxy) is 1. The zero-order valence-electron chi connectivity index (χ0n) is 15.0. The molecular formula is C17H25N5O4. The van der Waals surface area contributed by atoms with Crippen LogP contribution in [0.25, 0.3) is 0 Å². The normalized spacial score (nSPS) is 16.8. The Morgan fingerprint density at radius 1 is 1.31 bits per heavy atom. The van der Waals surface area contributed by atoms with Crippen molar-refractivity contribution in [2.75, 3.05) is 45.2 Å². The third-order valence-electron chi connectivity index (χ3n) is 4.09. The van der Waals surface area contributed by atoms with Crippen molar-refractivity contribution in [2.45, 2.75) is 13.0 Å². The van der Waals surface area contributed by atoms with E-state index in [0.29, 0.717) is 18.8 Å². The number of nitrogens with zero attached hydrogens (tertiary/aromatic N) is 2. The molecule has 1 atom stereocenters. The van der Waals surface area contributed by atoms with Gasteiger partial charge in [0, 0.05) is 31.9 Å². The number of urea groups is 1. The summed E-state index contributed by atoms with van der Waals surface area (Å²) in [7, 11) is 1.26. The molecule has 0 spiro atoms. The minimum absolute atomic E-state index is 0.0726. The Morgan fingerprint density at radius 2 is 2.08 bits per heavy atom. The summed E-state index contributed by atoms with van der Waals surface area (Å²) in [4.78, 5) is 39.7. The molecule has 4 N–H and O–H groups in total. The average Bonchev–Trinajstić information content (AvgIpc) is 2.64. The van der Waals surface area contributed by atoms with Gasteiger partial charge in [0.2, 0.25) is 5.91 Å². The molecule has 4 amide bonds. The van der Waals surface area contributed by atoms with Gasteiger partial charge in [0.25, 0.3) is 0 Å². The Bertz CT molecular complexity index is 666. The molecule has 142 valence electrons. The van der Waals surface area contributed by atoms with E-state index in [0.717, 1.165) is 5.56 Å². The van der Waals surface area contributed by atoms with E-state index in [4.69, 9.17) is 10.5 Å². The first-order chi connectivity index (χ1) is 12.5. The standard InChI is InChI=1S/C17H25N5O4/c1-12-4-3-5-13(10-12)20-16(24)21-8-9-22(17(25)26-2)14(11-21)15(23)19-7-6-18/h3-5,10,14H,6-9,11,18H2,1-2H3,(H,19,23)(H,20,24). The molecule has 0 bridgehead atoms. The van der Waals surface area contributed by atoms with Crippen molar-refractivity contribution in [1.82, 2.24) is 15.1 Å². The lowest BCUT2D eigenvalue weighted by Crippen LogP contribution is -2.62. The molecule has 9 heteroatoms. The molecule has 26 heavy (non-hydrogen) atoms. The lowest BCUT2D eigenvalue weighted by molar-refractivity contribution is -0.127. The van der Waals surface area contributed by atoms with Gasteiger partial charge in [0.1, 0.15) is 6.04 Å². The Balaban J connectivity index is 2.07. The molecule has 0 radical (unpaired) electrons. The summed E-state index contributed by atoms with van der Waals surface area (Å²) >= 11 is 0. The van der Waals surface area contributed by atoms with Crippen LogP contribution in [-0.4, -0.2) is 73.7 Å². The van der Waals surface area contributed by atoms with Gasteiger partial charge < -0.3 is 26.0 Å². The Labute approximate surface area is 152 Å². The van der Waals surface area contributed by atoms with Crippen LogP contribution in [0.3, 0.4) is 0 Å². The maximum absolute atomic E-state index is 12.5. The van der Waals surface area contributed by atoms with E-state index >= 15 is 0 Å². The van der Waals surface area contributed by atoms with Crippen LogP contribution in [0, 0.1) is 6.92 Å². The molecule has 2 rings (SSSR count). The highest BCUT2D eigenvalue weighted by molar-refractivity contribution is 5.91. The van der Waals surface area contributed by atoms with Crippen LogP contribution in [0.2, 0.25) is 0 Å². The molecule has 1 heterocycles. The summed E-state index contributed by atoms with van der Waals surface area (Å²) < 4.78 is 4.74. The van der Waals surface area contributed by atoms with Gasteiger partial charge in [0.05, 0.1) is 13.7 Å². The zero-order valence-corrected chi connectivity index (χ0v) is 15.0. The van der Waals surface area contributed by atoms with Crippen molar-refractivity contribution in [2.24, 2.45) is 5.73 Å². The fourth-order valence-electron chi connectivity index (χ4n) is 2.77. The number of nitrogens with one attached hydrogen (secondary N) is 2. The highest BCUT2D eigenvalue weighted by Crippen LogP contribution is 2.15. The third kappa shape index (κ3) is 4.85. The quantitative estimate of drug-likeness (QED) is 0.714. The van der Waals surface area contributed by atoms with E-state index in [9.17, 15) is 14.4 Å². The molecule has 1 aromatic rings. The van der Waals surface area contributed by atoms with Crippen molar-refractivity contribution in [3.63, 3.8) is 0 Å². The number of rotatable bonds is 4. The molecule has 1 aliphatic heterocycles. The fourth-order valence-corrected chi connectivity index (χ4v) is 2.77. The number of carbonyl (C=O) groups excluding carboxylic acids is 3. The number of piperazine rings is 1. The zero-order chi connectivity index (χ0) is 19.1. The van der Waals surface area contributed by atoms with E-state index < -0.39 is 12.1 Å². The second kappa shape index (κ2) is 9.04. The predicted molar refractivity (Wildman–Crippen MR) is 96.7 cm³/mol. The molecule has 1 unspecified atom stereocenters. The van der Waals surface area contributed by atoms with E-state index in [2.05, 4.69) is 10.6 Å². The van der Waals surface area contributed by atoms with E-state index in [1.807, 2.05) is 25.1 Å². The van der Waals surface area contributed by atoms with E-state index in [-0.39, 0.29) is 31.6 Å².